The molecule has 0 aliphatic rings. The molecule has 0 aliphatic carbocycles. The fourth-order valence-corrected chi connectivity index (χ4v) is 1.87. The number of ether oxygens (including phenoxy) is 1. The second-order valence-corrected chi connectivity index (χ2v) is 5.83. The highest BCUT2D eigenvalue weighted by Crippen LogP contribution is 2.23. The molecule has 4 nitrogen and oxygen atoms in total. The summed E-state index contributed by atoms with van der Waals surface area (Å²) >= 11 is 0. The molecule has 110 valence electrons. The Morgan fingerprint density at radius 1 is 1.05 bits per heavy atom. The van der Waals surface area contributed by atoms with Crippen molar-refractivity contribution in [3.63, 3.8) is 0 Å². The molecule has 0 fully saturated rings. The van der Waals surface area contributed by atoms with Crippen LogP contribution in [0.2, 0.25) is 0 Å². The molecular weight excluding hydrogens is 264 g/mol. The average molecular weight is 284 g/mol. The quantitative estimate of drug-likeness (QED) is 0.809. The number of nitrogens with one attached hydrogen (secondary N) is 1. The molecule has 1 amide bonds. The predicted molar refractivity (Wildman–Crippen MR) is 86.1 cm³/mol. The van der Waals surface area contributed by atoms with Crippen molar-refractivity contribution in [1.82, 2.24) is 0 Å². The van der Waals surface area contributed by atoms with Crippen LogP contribution in [0.25, 0.3) is 11.1 Å². The van der Waals surface area contributed by atoms with Crippen molar-refractivity contribution >= 4 is 17.5 Å². The van der Waals surface area contributed by atoms with Crippen LogP contribution in [0.5, 0.6) is 0 Å². The number of carbonyl (C=O) groups is 1. The molecule has 2 aromatic rings. The maximum atomic E-state index is 11.8. The Labute approximate surface area is 124 Å². The standard InChI is InChI=1S/C17H20N2O2/c1-17(2,3)21-16(20)19-15-6-4-5-13(11-15)12-7-9-14(18)10-8-12/h4-11H,18H2,1-3H3,(H,19,20). The van der Waals surface area contributed by atoms with E-state index in [-0.39, 0.29) is 0 Å². The Bertz CT molecular complexity index is 628. The van der Waals surface area contributed by atoms with Crippen LogP contribution < -0.4 is 11.1 Å². The molecule has 0 radical (unpaired) electrons. The number of nitrogens with two attached hydrogens (primary N) is 1. The topological polar surface area (TPSA) is 64.3 Å². The van der Waals surface area contributed by atoms with Crippen LogP contribution in [0.4, 0.5) is 16.2 Å². The minimum absolute atomic E-state index is 0.461. The Morgan fingerprint density at radius 3 is 2.33 bits per heavy atom. The highest BCUT2D eigenvalue weighted by molar-refractivity contribution is 5.86. The SMILES string of the molecule is CC(C)(C)OC(=O)Nc1cccc(-c2ccc(N)cc2)c1. The Morgan fingerprint density at radius 2 is 1.71 bits per heavy atom. The molecule has 3 N–H and O–H groups in total. The highest BCUT2D eigenvalue weighted by atomic mass is 16.6. The summed E-state index contributed by atoms with van der Waals surface area (Å²) in [5.74, 6) is 0. The smallest absolute Gasteiger partial charge is 0.412 e. The molecule has 0 bridgehead atoms. The lowest BCUT2D eigenvalue weighted by atomic mass is 10.0. The first-order chi connectivity index (χ1) is 9.83. The van der Waals surface area contributed by atoms with Gasteiger partial charge in [-0.1, -0.05) is 24.3 Å². The first-order valence-electron chi connectivity index (χ1n) is 6.79. The van der Waals surface area contributed by atoms with E-state index >= 15 is 0 Å². The van der Waals surface area contributed by atoms with Crippen LogP contribution in [0.15, 0.2) is 48.5 Å². The largest absolute Gasteiger partial charge is 0.444 e. The minimum atomic E-state index is -0.515. The number of carbonyl (C=O) groups excluding carboxylic acids is 1. The van der Waals surface area contributed by atoms with Crippen molar-refractivity contribution < 1.29 is 9.53 Å². The van der Waals surface area contributed by atoms with E-state index in [1.807, 2.05) is 69.3 Å². The molecule has 0 atom stereocenters. The second kappa shape index (κ2) is 5.87. The molecule has 21 heavy (non-hydrogen) atoms. The average Bonchev–Trinajstić information content (AvgIpc) is 2.37. The van der Waals surface area contributed by atoms with Crippen LogP contribution >= 0.6 is 0 Å². The van der Waals surface area contributed by atoms with Gasteiger partial charge in [0.1, 0.15) is 5.60 Å². The fraction of sp³-hybridized carbons (Fsp3) is 0.235. The Hall–Kier alpha value is -2.49. The molecule has 0 saturated carbocycles. The van der Waals surface area contributed by atoms with Gasteiger partial charge >= 0.3 is 6.09 Å². The summed E-state index contributed by atoms with van der Waals surface area (Å²) in [5, 5.41) is 2.73. The van der Waals surface area contributed by atoms with E-state index in [9.17, 15) is 4.79 Å². The number of nitrogen functional groups attached to an aromatic ring is 1. The summed E-state index contributed by atoms with van der Waals surface area (Å²) in [4.78, 5) is 11.8. The molecule has 0 saturated heterocycles. The van der Waals surface area contributed by atoms with E-state index in [0.29, 0.717) is 5.69 Å². The molecule has 0 spiro atoms. The highest BCUT2D eigenvalue weighted by Gasteiger charge is 2.16. The summed E-state index contributed by atoms with van der Waals surface area (Å²) < 4.78 is 5.24. The lowest BCUT2D eigenvalue weighted by Crippen LogP contribution is -2.27. The van der Waals surface area contributed by atoms with E-state index in [0.717, 1.165) is 16.8 Å². The third kappa shape index (κ3) is 4.53. The maximum Gasteiger partial charge on any atom is 0.412 e. The summed E-state index contributed by atoms with van der Waals surface area (Å²) in [7, 11) is 0. The number of rotatable bonds is 2. The first-order valence-corrected chi connectivity index (χ1v) is 6.79. The van der Waals surface area contributed by atoms with Gasteiger partial charge in [0.15, 0.2) is 0 Å². The summed E-state index contributed by atoms with van der Waals surface area (Å²) in [6.45, 7) is 5.49. The van der Waals surface area contributed by atoms with Crippen molar-refractivity contribution in [2.45, 2.75) is 26.4 Å². The summed E-state index contributed by atoms with van der Waals surface area (Å²) in [5.41, 5.74) is 8.63. The molecule has 4 heteroatoms. The number of benzene rings is 2. The molecule has 0 unspecified atom stereocenters. The first kappa shape index (κ1) is 14.9. The van der Waals surface area contributed by atoms with Crippen molar-refractivity contribution in [1.29, 1.82) is 0 Å². The van der Waals surface area contributed by atoms with E-state index in [1.165, 1.54) is 0 Å². The molecule has 0 aliphatic heterocycles. The van der Waals surface area contributed by atoms with Gasteiger partial charge in [-0.25, -0.2) is 4.79 Å². The van der Waals surface area contributed by atoms with Crippen molar-refractivity contribution in [2.24, 2.45) is 0 Å². The van der Waals surface area contributed by atoms with Gasteiger partial charge in [-0.15, -0.1) is 0 Å². The van der Waals surface area contributed by atoms with Gasteiger partial charge < -0.3 is 10.5 Å². The maximum absolute atomic E-state index is 11.8. The van der Waals surface area contributed by atoms with Gasteiger partial charge in [0.05, 0.1) is 0 Å². The molecule has 0 heterocycles. The molecule has 2 aromatic carbocycles. The third-order valence-electron chi connectivity index (χ3n) is 2.75. The van der Waals surface area contributed by atoms with Crippen LogP contribution in [0.3, 0.4) is 0 Å². The van der Waals surface area contributed by atoms with Gasteiger partial charge in [0.2, 0.25) is 0 Å². The van der Waals surface area contributed by atoms with Crippen molar-refractivity contribution in [2.75, 3.05) is 11.1 Å². The van der Waals surface area contributed by atoms with E-state index in [2.05, 4.69) is 5.32 Å². The Kier molecular flexibility index (Phi) is 4.17. The normalized spacial score (nSPS) is 11.0. The van der Waals surface area contributed by atoms with Crippen LogP contribution in [0, 0.1) is 0 Å². The fourth-order valence-electron chi connectivity index (χ4n) is 1.87. The number of hydrogen-bond acceptors (Lipinski definition) is 3. The van der Waals surface area contributed by atoms with Crippen LogP contribution in [-0.4, -0.2) is 11.7 Å². The van der Waals surface area contributed by atoms with Crippen LogP contribution in [0.1, 0.15) is 20.8 Å². The molecular formula is C17H20N2O2. The zero-order valence-electron chi connectivity index (χ0n) is 12.5. The van der Waals surface area contributed by atoms with E-state index in [1.54, 1.807) is 0 Å². The molecule has 2 rings (SSSR count). The van der Waals surface area contributed by atoms with Crippen LogP contribution in [-0.2, 0) is 4.74 Å². The second-order valence-electron chi connectivity index (χ2n) is 5.83. The summed E-state index contributed by atoms with van der Waals surface area (Å²) in [6.07, 6.45) is -0.461. The zero-order valence-corrected chi connectivity index (χ0v) is 12.5. The van der Waals surface area contributed by atoms with Gasteiger partial charge in [-0.3, -0.25) is 5.32 Å². The van der Waals surface area contributed by atoms with Crippen molar-refractivity contribution in [3.8, 4) is 11.1 Å². The third-order valence-corrected chi connectivity index (χ3v) is 2.75. The lowest BCUT2D eigenvalue weighted by molar-refractivity contribution is 0.0636. The minimum Gasteiger partial charge on any atom is -0.444 e. The lowest BCUT2D eigenvalue weighted by Gasteiger charge is -2.19. The monoisotopic (exact) mass is 284 g/mol. The van der Waals surface area contributed by atoms with Gasteiger partial charge in [-0.05, 0) is 56.2 Å². The van der Waals surface area contributed by atoms with Crippen molar-refractivity contribution in [3.05, 3.63) is 48.5 Å². The van der Waals surface area contributed by atoms with Gasteiger partial charge in [-0.2, -0.15) is 0 Å². The number of amides is 1. The number of anilines is 2. The summed E-state index contributed by atoms with van der Waals surface area (Å²) in [6, 6.07) is 15.2. The Balaban J connectivity index is 2.14. The van der Waals surface area contributed by atoms with Gasteiger partial charge in [0.25, 0.3) is 0 Å². The predicted octanol–water partition coefficient (Wildman–Crippen LogP) is 4.28. The molecule has 0 aromatic heterocycles. The van der Waals surface area contributed by atoms with E-state index in [4.69, 9.17) is 10.5 Å². The zero-order chi connectivity index (χ0) is 15.5. The van der Waals surface area contributed by atoms with E-state index < -0.39 is 11.7 Å². The number of hydrogen-bond donors (Lipinski definition) is 2. The van der Waals surface area contributed by atoms with Gasteiger partial charge in [0, 0.05) is 11.4 Å².